The van der Waals surface area contributed by atoms with Crippen LogP contribution in [0, 0.1) is 0 Å². The lowest BCUT2D eigenvalue weighted by Crippen LogP contribution is -2.24. The molecule has 0 bridgehead atoms. The molecule has 0 aliphatic rings. The monoisotopic (exact) mass is 338 g/mol. The molecule has 1 amide bonds. The molecule has 0 spiro atoms. The average molecular weight is 338 g/mol. The second-order valence-electron chi connectivity index (χ2n) is 5.25. The standard InChI is InChI=1S/C19H18N2O4/c1-23-15-9-7-13(8-10-15)18-17(21-12-25-18)19(22)20-11-14-5-3-4-6-16(14)24-2/h3-10,12H,11H2,1-2H3,(H,20,22). The van der Waals surface area contributed by atoms with Gasteiger partial charge in [-0.3, -0.25) is 4.79 Å². The molecule has 0 saturated carbocycles. The maximum Gasteiger partial charge on any atom is 0.274 e. The van der Waals surface area contributed by atoms with Crippen molar-refractivity contribution in [2.24, 2.45) is 0 Å². The second kappa shape index (κ2) is 7.53. The number of carbonyl (C=O) groups is 1. The van der Waals surface area contributed by atoms with Gasteiger partial charge in [-0.1, -0.05) is 18.2 Å². The number of nitrogens with zero attached hydrogens (tertiary/aromatic N) is 1. The Labute approximate surface area is 145 Å². The number of benzene rings is 2. The van der Waals surface area contributed by atoms with Gasteiger partial charge in [-0.2, -0.15) is 0 Å². The molecule has 128 valence electrons. The van der Waals surface area contributed by atoms with Crippen LogP contribution in [0.4, 0.5) is 0 Å². The van der Waals surface area contributed by atoms with E-state index in [0.717, 1.165) is 22.6 Å². The minimum Gasteiger partial charge on any atom is -0.497 e. The maximum absolute atomic E-state index is 12.5. The number of oxazole rings is 1. The Morgan fingerprint density at radius 3 is 2.56 bits per heavy atom. The van der Waals surface area contributed by atoms with E-state index >= 15 is 0 Å². The summed E-state index contributed by atoms with van der Waals surface area (Å²) in [5, 5.41) is 2.84. The van der Waals surface area contributed by atoms with E-state index < -0.39 is 0 Å². The Bertz CT molecular complexity index is 856. The fourth-order valence-electron chi connectivity index (χ4n) is 2.46. The van der Waals surface area contributed by atoms with Crippen LogP contribution in [0.25, 0.3) is 11.3 Å². The van der Waals surface area contributed by atoms with Crippen LogP contribution in [-0.4, -0.2) is 25.1 Å². The van der Waals surface area contributed by atoms with E-state index in [4.69, 9.17) is 13.9 Å². The molecule has 1 aromatic heterocycles. The van der Waals surface area contributed by atoms with Gasteiger partial charge in [0, 0.05) is 17.7 Å². The molecule has 25 heavy (non-hydrogen) atoms. The highest BCUT2D eigenvalue weighted by Crippen LogP contribution is 2.25. The van der Waals surface area contributed by atoms with Crippen molar-refractivity contribution in [2.75, 3.05) is 14.2 Å². The molecule has 6 nitrogen and oxygen atoms in total. The molecule has 0 fully saturated rings. The van der Waals surface area contributed by atoms with Gasteiger partial charge in [-0.15, -0.1) is 0 Å². The Kier molecular flexibility index (Phi) is 4.99. The number of nitrogens with one attached hydrogen (secondary N) is 1. The first kappa shape index (κ1) is 16.6. The molecule has 6 heteroatoms. The molecule has 0 aliphatic heterocycles. The summed E-state index contributed by atoms with van der Waals surface area (Å²) < 4.78 is 15.8. The van der Waals surface area contributed by atoms with Crippen LogP contribution >= 0.6 is 0 Å². The smallest absolute Gasteiger partial charge is 0.274 e. The normalized spacial score (nSPS) is 10.3. The number of hydrogen-bond donors (Lipinski definition) is 1. The van der Waals surface area contributed by atoms with Crippen molar-refractivity contribution in [3.05, 3.63) is 66.2 Å². The van der Waals surface area contributed by atoms with Gasteiger partial charge in [0.2, 0.25) is 0 Å². The lowest BCUT2D eigenvalue weighted by Gasteiger charge is -2.09. The third-order valence-electron chi connectivity index (χ3n) is 3.77. The zero-order valence-corrected chi connectivity index (χ0v) is 14.0. The second-order valence-corrected chi connectivity index (χ2v) is 5.25. The molecule has 0 unspecified atom stereocenters. The average Bonchev–Trinajstić information content (AvgIpc) is 3.16. The summed E-state index contributed by atoms with van der Waals surface area (Å²) in [6.07, 6.45) is 1.26. The number of amides is 1. The summed E-state index contributed by atoms with van der Waals surface area (Å²) >= 11 is 0. The zero-order chi connectivity index (χ0) is 17.6. The number of carbonyl (C=O) groups excluding carboxylic acids is 1. The Balaban J connectivity index is 1.76. The predicted octanol–water partition coefficient (Wildman–Crippen LogP) is 3.29. The number of hydrogen-bond acceptors (Lipinski definition) is 5. The molecule has 0 atom stereocenters. The highest BCUT2D eigenvalue weighted by molar-refractivity contribution is 5.97. The summed E-state index contributed by atoms with van der Waals surface area (Å²) in [6.45, 7) is 0.331. The van der Waals surface area contributed by atoms with Crippen molar-refractivity contribution in [3.63, 3.8) is 0 Å². The minimum absolute atomic E-state index is 0.236. The third-order valence-corrected chi connectivity index (χ3v) is 3.77. The quantitative estimate of drug-likeness (QED) is 0.746. The minimum atomic E-state index is -0.314. The Morgan fingerprint density at radius 2 is 1.84 bits per heavy atom. The van der Waals surface area contributed by atoms with E-state index in [9.17, 15) is 4.79 Å². The first-order valence-electron chi connectivity index (χ1n) is 7.71. The molecule has 0 saturated heterocycles. The van der Waals surface area contributed by atoms with Gasteiger partial charge in [0.05, 0.1) is 14.2 Å². The van der Waals surface area contributed by atoms with E-state index in [1.165, 1.54) is 6.39 Å². The van der Waals surface area contributed by atoms with E-state index in [2.05, 4.69) is 10.3 Å². The lowest BCUT2D eigenvalue weighted by molar-refractivity contribution is 0.0946. The Hall–Kier alpha value is -3.28. The molecule has 2 aromatic carbocycles. The van der Waals surface area contributed by atoms with Gasteiger partial charge in [0.15, 0.2) is 17.8 Å². The van der Waals surface area contributed by atoms with E-state index in [0.29, 0.717) is 12.3 Å². The summed E-state index contributed by atoms with van der Waals surface area (Å²) in [7, 11) is 3.19. The first-order valence-corrected chi connectivity index (χ1v) is 7.71. The van der Waals surface area contributed by atoms with Crippen molar-refractivity contribution >= 4 is 5.91 Å². The molecule has 1 heterocycles. The molecule has 3 aromatic rings. The molecule has 0 radical (unpaired) electrons. The number of aromatic nitrogens is 1. The van der Waals surface area contributed by atoms with Crippen LogP contribution in [0.3, 0.4) is 0 Å². The van der Waals surface area contributed by atoms with Gasteiger partial charge >= 0.3 is 0 Å². The van der Waals surface area contributed by atoms with Gasteiger partial charge in [0.25, 0.3) is 5.91 Å². The summed E-state index contributed by atoms with van der Waals surface area (Å²) in [4.78, 5) is 16.5. The van der Waals surface area contributed by atoms with E-state index in [-0.39, 0.29) is 11.6 Å². The highest BCUT2D eigenvalue weighted by Gasteiger charge is 2.18. The van der Waals surface area contributed by atoms with E-state index in [1.54, 1.807) is 26.4 Å². The molecular weight excluding hydrogens is 320 g/mol. The number of methoxy groups -OCH3 is 2. The van der Waals surface area contributed by atoms with Crippen molar-refractivity contribution in [1.82, 2.24) is 10.3 Å². The van der Waals surface area contributed by atoms with Crippen molar-refractivity contribution in [2.45, 2.75) is 6.54 Å². The van der Waals surface area contributed by atoms with Crippen molar-refractivity contribution < 1.29 is 18.7 Å². The lowest BCUT2D eigenvalue weighted by atomic mass is 10.1. The highest BCUT2D eigenvalue weighted by atomic mass is 16.5. The van der Waals surface area contributed by atoms with Gasteiger partial charge in [-0.05, 0) is 30.3 Å². The molecule has 0 aliphatic carbocycles. The number of rotatable bonds is 6. The number of ether oxygens (including phenoxy) is 2. The Morgan fingerprint density at radius 1 is 1.08 bits per heavy atom. The molecular formula is C19H18N2O4. The van der Waals surface area contributed by atoms with Crippen LogP contribution < -0.4 is 14.8 Å². The van der Waals surface area contributed by atoms with Crippen molar-refractivity contribution in [1.29, 1.82) is 0 Å². The summed E-state index contributed by atoms with van der Waals surface area (Å²) in [6, 6.07) is 14.7. The summed E-state index contributed by atoms with van der Waals surface area (Å²) in [5.41, 5.74) is 1.87. The zero-order valence-electron chi connectivity index (χ0n) is 14.0. The largest absolute Gasteiger partial charge is 0.497 e. The number of para-hydroxylation sites is 1. The van der Waals surface area contributed by atoms with Gasteiger partial charge < -0.3 is 19.2 Å². The fourth-order valence-corrected chi connectivity index (χ4v) is 2.46. The first-order chi connectivity index (χ1) is 12.2. The summed E-state index contributed by atoms with van der Waals surface area (Å²) in [5.74, 6) is 1.55. The topological polar surface area (TPSA) is 73.6 Å². The van der Waals surface area contributed by atoms with Gasteiger partial charge in [0.1, 0.15) is 11.5 Å². The van der Waals surface area contributed by atoms with E-state index in [1.807, 2.05) is 36.4 Å². The van der Waals surface area contributed by atoms with Gasteiger partial charge in [-0.25, -0.2) is 4.98 Å². The van der Waals surface area contributed by atoms with Crippen molar-refractivity contribution in [3.8, 4) is 22.8 Å². The molecule has 3 rings (SSSR count). The van der Waals surface area contributed by atoms with Crippen LogP contribution in [0.5, 0.6) is 11.5 Å². The van der Waals surface area contributed by atoms with Crippen LogP contribution in [0.1, 0.15) is 16.1 Å². The third kappa shape index (κ3) is 3.63. The molecule has 1 N–H and O–H groups in total. The van der Waals surface area contributed by atoms with Crippen LogP contribution in [-0.2, 0) is 6.54 Å². The SMILES string of the molecule is COc1ccc(-c2ocnc2C(=O)NCc2ccccc2OC)cc1. The maximum atomic E-state index is 12.5. The van der Waals surface area contributed by atoms with Crippen LogP contribution in [0.2, 0.25) is 0 Å². The fraction of sp³-hybridized carbons (Fsp3) is 0.158. The predicted molar refractivity (Wildman–Crippen MR) is 92.7 cm³/mol. The van der Waals surface area contributed by atoms with Crippen LogP contribution in [0.15, 0.2) is 59.3 Å².